The second kappa shape index (κ2) is 6.54. The fourth-order valence-electron chi connectivity index (χ4n) is 2.43. The Morgan fingerprint density at radius 1 is 1.53 bits per heavy atom. The number of hydrogen-bond donors (Lipinski definition) is 2. The summed E-state index contributed by atoms with van der Waals surface area (Å²) < 4.78 is 5.40. The van der Waals surface area contributed by atoms with E-state index >= 15 is 0 Å². The SMILES string of the molecule is CN(CC(/C(N)=N/O)c1ccccc1)C1CCOC1. The predicted molar refractivity (Wildman–Crippen MR) is 74.4 cm³/mol. The smallest absolute Gasteiger partial charge is 0.147 e. The number of oxime groups is 1. The molecule has 0 amide bonds. The maximum Gasteiger partial charge on any atom is 0.147 e. The van der Waals surface area contributed by atoms with Gasteiger partial charge in [-0.15, -0.1) is 0 Å². The minimum absolute atomic E-state index is 0.100. The van der Waals surface area contributed by atoms with E-state index in [9.17, 15) is 0 Å². The van der Waals surface area contributed by atoms with Gasteiger partial charge in [-0.05, 0) is 19.0 Å². The molecule has 104 valence electrons. The van der Waals surface area contributed by atoms with Crippen LogP contribution in [0.4, 0.5) is 0 Å². The fourth-order valence-corrected chi connectivity index (χ4v) is 2.43. The molecule has 1 aliphatic rings. The van der Waals surface area contributed by atoms with Gasteiger partial charge in [-0.25, -0.2) is 0 Å². The van der Waals surface area contributed by atoms with Crippen LogP contribution in [0, 0.1) is 0 Å². The Kier molecular flexibility index (Phi) is 4.76. The van der Waals surface area contributed by atoms with Crippen molar-refractivity contribution in [1.29, 1.82) is 0 Å². The Balaban J connectivity index is 2.10. The molecular formula is C14H21N3O2. The number of ether oxygens (including phenoxy) is 1. The Morgan fingerprint density at radius 3 is 2.84 bits per heavy atom. The van der Waals surface area contributed by atoms with Crippen molar-refractivity contribution in [2.45, 2.75) is 18.4 Å². The molecule has 0 aliphatic carbocycles. The fraction of sp³-hybridized carbons (Fsp3) is 0.500. The summed E-state index contributed by atoms with van der Waals surface area (Å²) in [5, 5.41) is 12.1. The third-order valence-electron chi connectivity index (χ3n) is 3.67. The molecule has 0 saturated carbocycles. The topological polar surface area (TPSA) is 71.1 Å². The lowest BCUT2D eigenvalue weighted by molar-refractivity contribution is 0.158. The summed E-state index contributed by atoms with van der Waals surface area (Å²) in [6.45, 7) is 2.29. The largest absolute Gasteiger partial charge is 0.409 e. The van der Waals surface area contributed by atoms with Crippen LogP contribution in [0.5, 0.6) is 0 Å². The number of benzene rings is 1. The van der Waals surface area contributed by atoms with E-state index in [0.717, 1.165) is 25.2 Å². The van der Waals surface area contributed by atoms with E-state index in [2.05, 4.69) is 17.1 Å². The molecule has 1 aromatic rings. The molecule has 0 aromatic heterocycles. The lowest BCUT2D eigenvalue weighted by atomic mass is 9.97. The van der Waals surface area contributed by atoms with Gasteiger partial charge in [0.15, 0.2) is 0 Å². The Hall–Kier alpha value is -1.59. The maximum absolute atomic E-state index is 8.96. The maximum atomic E-state index is 8.96. The molecular weight excluding hydrogens is 242 g/mol. The average molecular weight is 263 g/mol. The van der Waals surface area contributed by atoms with Crippen LogP contribution in [0.2, 0.25) is 0 Å². The number of likely N-dealkylation sites (N-methyl/N-ethyl adjacent to an activating group) is 1. The summed E-state index contributed by atoms with van der Waals surface area (Å²) in [5.74, 6) is 0.147. The monoisotopic (exact) mass is 263 g/mol. The number of amidine groups is 1. The van der Waals surface area contributed by atoms with Gasteiger partial charge in [-0.3, -0.25) is 4.90 Å². The quantitative estimate of drug-likeness (QED) is 0.363. The molecule has 0 radical (unpaired) electrons. The highest BCUT2D eigenvalue weighted by Gasteiger charge is 2.25. The summed E-state index contributed by atoms with van der Waals surface area (Å²) in [5.41, 5.74) is 6.90. The Bertz CT molecular complexity index is 416. The second-order valence-corrected chi connectivity index (χ2v) is 4.95. The van der Waals surface area contributed by atoms with Gasteiger partial charge in [-0.1, -0.05) is 35.5 Å². The average Bonchev–Trinajstić information content (AvgIpc) is 2.99. The van der Waals surface area contributed by atoms with Crippen LogP contribution in [-0.4, -0.2) is 48.8 Å². The summed E-state index contributed by atoms with van der Waals surface area (Å²) in [7, 11) is 2.06. The van der Waals surface area contributed by atoms with Crippen LogP contribution in [0.1, 0.15) is 17.9 Å². The molecule has 0 spiro atoms. The van der Waals surface area contributed by atoms with Crippen LogP contribution in [0.3, 0.4) is 0 Å². The van der Waals surface area contributed by atoms with Crippen LogP contribution in [0.15, 0.2) is 35.5 Å². The van der Waals surface area contributed by atoms with Gasteiger partial charge in [0.1, 0.15) is 5.84 Å². The van der Waals surface area contributed by atoms with Gasteiger partial charge < -0.3 is 15.7 Å². The van der Waals surface area contributed by atoms with Crippen molar-refractivity contribution in [3.63, 3.8) is 0 Å². The summed E-state index contributed by atoms with van der Waals surface area (Å²) in [6.07, 6.45) is 1.04. The molecule has 2 unspecified atom stereocenters. The number of rotatable bonds is 5. The summed E-state index contributed by atoms with van der Waals surface area (Å²) in [6, 6.07) is 10.3. The van der Waals surface area contributed by atoms with E-state index in [-0.39, 0.29) is 11.8 Å². The molecule has 1 fully saturated rings. The molecule has 1 aromatic carbocycles. The van der Waals surface area contributed by atoms with Crippen LogP contribution in [0.25, 0.3) is 0 Å². The van der Waals surface area contributed by atoms with Crippen molar-refractivity contribution in [2.75, 3.05) is 26.8 Å². The first-order valence-electron chi connectivity index (χ1n) is 6.52. The summed E-state index contributed by atoms with van der Waals surface area (Å²) >= 11 is 0. The molecule has 0 bridgehead atoms. The van der Waals surface area contributed by atoms with Gasteiger partial charge in [0.05, 0.1) is 12.5 Å². The van der Waals surface area contributed by atoms with Crippen molar-refractivity contribution in [2.24, 2.45) is 10.9 Å². The van der Waals surface area contributed by atoms with Crippen LogP contribution < -0.4 is 5.73 Å². The Labute approximate surface area is 113 Å². The molecule has 5 nitrogen and oxygen atoms in total. The molecule has 3 N–H and O–H groups in total. The minimum atomic E-state index is -0.100. The lowest BCUT2D eigenvalue weighted by Crippen LogP contribution is -2.39. The summed E-state index contributed by atoms with van der Waals surface area (Å²) in [4.78, 5) is 2.22. The highest BCUT2D eigenvalue weighted by Crippen LogP contribution is 2.20. The molecule has 2 rings (SSSR count). The molecule has 1 saturated heterocycles. The molecule has 19 heavy (non-hydrogen) atoms. The van der Waals surface area contributed by atoms with Gasteiger partial charge in [-0.2, -0.15) is 0 Å². The third kappa shape index (κ3) is 3.45. The van der Waals surface area contributed by atoms with Crippen LogP contribution >= 0.6 is 0 Å². The van der Waals surface area contributed by atoms with Gasteiger partial charge in [0.2, 0.25) is 0 Å². The van der Waals surface area contributed by atoms with Crippen molar-refractivity contribution in [3.8, 4) is 0 Å². The first-order valence-corrected chi connectivity index (χ1v) is 6.52. The zero-order chi connectivity index (χ0) is 13.7. The molecule has 2 atom stereocenters. The van der Waals surface area contributed by atoms with E-state index in [1.165, 1.54) is 0 Å². The van der Waals surface area contributed by atoms with Crippen molar-refractivity contribution < 1.29 is 9.94 Å². The Morgan fingerprint density at radius 2 is 2.26 bits per heavy atom. The van der Waals surface area contributed by atoms with Crippen molar-refractivity contribution in [1.82, 2.24) is 4.90 Å². The minimum Gasteiger partial charge on any atom is -0.409 e. The third-order valence-corrected chi connectivity index (χ3v) is 3.67. The highest BCUT2D eigenvalue weighted by atomic mass is 16.5. The van der Waals surface area contributed by atoms with E-state index in [4.69, 9.17) is 15.7 Å². The first kappa shape index (κ1) is 13.8. The lowest BCUT2D eigenvalue weighted by Gasteiger charge is -2.27. The van der Waals surface area contributed by atoms with E-state index in [1.54, 1.807) is 0 Å². The normalized spacial score (nSPS) is 21.8. The van der Waals surface area contributed by atoms with Crippen LogP contribution in [-0.2, 0) is 4.74 Å². The van der Waals surface area contributed by atoms with Gasteiger partial charge in [0, 0.05) is 19.2 Å². The second-order valence-electron chi connectivity index (χ2n) is 4.95. The predicted octanol–water partition coefficient (Wildman–Crippen LogP) is 1.24. The molecule has 1 aliphatic heterocycles. The molecule has 1 heterocycles. The number of nitrogens with two attached hydrogens (primary N) is 1. The van der Waals surface area contributed by atoms with Crippen molar-refractivity contribution in [3.05, 3.63) is 35.9 Å². The standard InChI is InChI=1S/C14H21N3O2/c1-17(12-7-8-19-10-12)9-13(14(15)16-18)11-5-3-2-4-6-11/h2-6,12-13,18H,7-10H2,1H3,(H2,15,16). The zero-order valence-electron chi connectivity index (χ0n) is 11.2. The number of nitrogens with zero attached hydrogens (tertiary/aromatic N) is 2. The van der Waals surface area contributed by atoms with E-state index in [1.807, 2.05) is 30.3 Å². The first-order chi connectivity index (χ1) is 9.22. The van der Waals surface area contributed by atoms with E-state index < -0.39 is 0 Å². The van der Waals surface area contributed by atoms with E-state index in [0.29, 0.717) is 12.6 Å². The number of hydrogen-bond acceptors (Lipinski definition) is 4. The van der Waals surface area contributed by atoms with Gasteiger partial charge in [0.25, 0.3) is 0 Å². The highest BCUT2D eigenvalue weighted by molar-refractivity contribution is 5.87. The van der Waals surface area contributed by atoms with Crippen molar-refractivity contribution >= 4 is 5.84 Å². The zero-order valence-corrected chi connectivity index (χ0v) is 11.2. The van der Waals surface area contributed by atoms with Gasteiger partial charge >= 0.3 is 0 Å². The molecule has 5 heteroatoms.